The number of ketones is 2. The van der Waals surface area contributed by atoms with Crippen LogP contribution < -0.4 is 0 Å². The number of rotatable bonds is 2. The van der Waals surface area contributed by atoms with E-state index in [1.807, 2.05) is 13.0 Å². The van der Waals surface area contributed by atoms with Gasteiger partial charge in [0.05, 0.1) is 6.10 Å². The van der Waals surface area contributed by atoms with Crippen molar-refractivity contribution in [1.82, 2.24) is 0 Å². The van der Waals surface area contributed by atoms with Gasteiger partial charge >= 0.3 is 0 Å². The molecule has 0 aromatic rings. The molecule has 4 aliphatic carbocycles. The van der Waals surface area contributed by atoms with E-state index in [1.54, 1.807) is 6.92 Å². The molecule has 0 bridgehead atoms. The number of hydrogen-bond acceptors (Lipinski definition) is 4. The lowest BCUT2D eigenvalue weighted by Crippen LogP contribution is -2.59. The molecular formula is C26H36O4. The van der Waals surface area contributed by atoms with Crippen molar-refractivity contribution in [1.29, 1.82) is 0 Å². The molecule has 1 aliphatic heterocycles. The third kappa shape index (κ3) is 2.30. The third-order valence-electron chi connectivity index (χ3n) is 9.92. The Morgan fingerprint density at radius 3 is 2.60 bits per heavy atom. The summed E-state index contributed by atoms with van der Waals surface area (Å²) in [5.41, 5.74) is 1.50. The highest BCUT2D eigenvalue weighted by molar-refractivity contribution is 5.92. The first-order valence-corrected chi connectivity index (χ1v) is 11.8. The molecule has 0 spiro atoms. The van der Waals surface area contributed by atoms with Crippen molar-refractivity contribution in [2.24, 2.45) is 28.6 Å². The predicted molar refractivity (Wildman–Crippen MR) is 115 cm³/mol. The minimum atomic E-state index is -0.839. The summed E-state index contributed by atoms with van der Waals surface area (Å²) in [6, 6.07) is 0. The van der Waals surface area contributed by atoms with Crippen LogP contribution in [0.5, 0.6) is 0 Å². The molecule has 4 heteroatoms. The molecule has 0 radical (unpaired) electrons. The Morgan fingerprint density at radius 1 is 1.20 bits per heavy atom. The molecule has 30 heavy (non-hydrogen) atoms. The zero-order valence-corrected chi connectivity index (χ0v) is 19.3. The van der Waals surface area contributed by atoms with Crippen molar-refractivity contribution in [3.05, 3.63) is 23.3 Å². The van der Waals surface area contributed by atoms with Crippen molar-refractivity contribution >= 4 is 11.6 Å². The molecule has 2 saturated carbocycles. The molecule has 1 saturated heterocycles. The number of allylic oxidation sites excluding steroid dienone is 4. The summed E-state index contributed by atoms with van der Waals surface area (Å²) in [6.45, 7) is 12.6. The summed E-state index contributed by atoms with van der Waals surface area (Å²) >= 11 is 0. The van der Waals surface area contributed by atoms with E-state index in [1.165, 1.54) is 11.1 Å². The Labute approximate surface area is 180 Å². The number of ether oxygens (including phenoxy) is 2. The third-order valence-corrected chi connectivity index (χ3v) is 9.92. The molecule has 4 nitrogen and oxygen atoms in total. The van der Waals surface area contributed by atoms with Gasteiger partial charge in [-0.05, 0) is 87.7 Å². The maximum absolute atomic E-state index is 13.2. The van der Waals surface area contributed by atoms with Crippen LogP contribution in [0.2, 0.25) is 0 Å². The fraction of sp³-hybridized carbons (Fsp3) is 0.769. The molecule has 0 aromatic heterocycles. The van der Waals surface area contributed by atoms with E-state index in [4.69, 9.17) is 9.47 Å². The monoisotopic (exact) mass is 412 g/mol. The van der Waals surface area contributed by atoms with E-state index in [-0.39, 0.29) is 28.5 Å². The Balaban J connectivity index is 1.60. The summed E-state index contributed by atoms with van der Waals surface area (Å²) < 4.78 is 13.1. The highest BCUT2D eigenvalue weighted by atomic mass is 16.8. The fourth-order valence-electron chi connectivity index (χ4n) is 8.24. The minimum Gasteiger partial charge on any atom is -0.343 e. The van der Waals surface area contributed by atoms with Crippen molar-refractivity contribution < 1.29 is 19.1 Å². The maximum atomic E-state index is 13.2. The molecule has 5 aliphatic rings. The number of Topliss-reactive ketones (excluding diaryl/α,β-unsaturated/α-hetero) is 1. The normalized spacial score (nSPS) is 52.0. The molecule has 1 unspecified atom stereocenters. The second-order valence-corrected chi connectivity index (χ2v) is 11.3. The number of fused-ring (bicyclic) bond motifs is 7. The zero-order chi connectivity index (χ0) is 21.7. The predicted octanol–water partition coefficient (Wildman–Crippen LogP) is 5.16. The van der Waals surface area contributed by atoms with Crippen LogP contribution in [0.3, 0.4) is 0 Å². The first kappa shape index (κ1) is 20.6. The largest absolute Gasteiger partial charge is 0.343 e. The molecule has 5 rings (SSSR count). The van der Waals surface area contributed by atoms with E-state index >= 15 is 0 Å². The van der Waals surface area contributed by atoms with Gasteiger partial charge in [0.1, 0.15) is 0 Å². The molecule has 8 atom stereocenters. The van der Waals surface area contributed by atoms with Gasteiger partial charge in [0.15, 0.2) is 23.0 Å². The first-order chi connectivity index (χ1) is 14.0. The molecule has 0 N–H and O–H groups in total. The van der Waals surface area contributed by atoms with Crippen molar-refractivity contribution in [2.45, 2.75) is 97.6 Å². The fourth-order valence-corrected chi connectivity index (χ4v) is 8.24. The summed E-state index contributed by atoms with van der Waals surface area (Å²) in [4.78, 5) is 25.4. The van der Waals surface area contributed by atoms with Gasteiger partial charge in [0.2, 0.25) is 0 Å². The van der Waals surface area contributed by atoms with Crippen molar-refractivity contribution in [3.8, 4) is 0 Å². The van der Waals surface area contributed by atoms with E-state index in [0.29, 0.717) is 24.2 Å². The van der Waals surface area contributed by atoms with E-state index < -0.39 is 11.4 Å². The summed E-state index contributed by atoms with van der Waals surface area (Å²) in [6.07, 6.45) is 9.43. The Morgan fingerprint density at radius 2 is 1.93 bits per heavy atom. The Hall–Kier alpha value is -1.26. The van der Waals surface area contributed by atoms with E-state index in [9.17, 15) is 9.59 Å². The van der Waals surface area contributed by atoms with Crippen LogP contribution in [0.25, 0.3) is 0 Å². The SMILES string of the molecule is CCC1(C)O[C@H]2C[C@H]3[C@@H]4C=C(C)C5=CC(=O)CC[C@]5(C)[C@H]4CC[C@]3(C)[C@]2(C(C)=O)O1. The minimum absolute atomic E-state index is 0.0550. The molecule has 3 fully saturated rings. The number of hydrogen-bond donors (Lipinski definition) is 0. The first-order valence-electron chi connectivity index (χ1n) is 11.8. The lowest BCUT2D eigenvalue weighted by atomic mass is 9.47. The molecule has 1 heterocycles. The van der Waals surface area contributed by atoms with Crippen LogP contribution in [0.1, 0.15) is 80.1 Å². The quantitative estimate of drug-likeness (QED) is 0.628. The van der Waals surface area contributed by atoms with Crippen LogP contribution in [-0.4, -0.2) is 29.1 Å². The van der Waals surface area contributed by atoms with Gasteiger partial charge in [0, 0.05) is 11.8 Å². The van der Waals surface area contributed by atoms with Gasteiger partial charge in [0.25, 0.3) is 0 Å². The van der Waals surface area contributed by atoms with Crippen molar-refractivity contribution in [3.63, 3.8) is 0 Å². The zero-order valence-electron chi connectivity index (χ0n) is 19.3. The highest BCUT2D eigenvalue weighted by Gasteiger charge is 2.75. The topological polar surface area (TPSA) is 52.6 Å². The smallest absolute Gasteiger partial charge is 0.167 e. The molecule has 0 amide bonds. The lowest BCUT2D eigenvalue weighted by molar-refractivity contribution is -0.219. The number of carbonyl (C=O) groups excluding carboxylic acids is 2. The summed E-state index contributed by atoms with van der Waals surface area (Å²) in [5.74, 6) is 0.989. The average Bonchev–Trinajstić information content (AvgIpc) is 3.12. The summed E-state index contributed by atoms with van der Waals surface area (Å²) in [7, 11) is 0. The molecule has 0 aromatic carbocycles. The van der Waals surface area contributed by atoms with Crippen LogP contribution in [-0.2, 0) is 19.1 Å². The van der Waals surface area contributed by atoms with E-state index in [2.05, 4.69) is 33.8 Å². The molecule has 164 valence electrons. The Kier molecular flexibility index (Phi) is 4.24. The van der Waals surface area contributed by atoms with Gasteiger partial charge in [-0.1, -0.05) is 32.4 Å². The second-order valence-electron chi connectivity index (χ2n) is 11.3. The van der Waals surface area contributed by atoms with E-state index in [0.717, 1.165) is 32.1 Å². The lowest BCUT2D eigenvalue weighted by Gasteiger charge is -2.58. The van der Waals surface area contributed by atoms with Crippen LogP contribution in [0.15, 0.2) is 23.3 Å². The number of carbonyl (C=O) groups is 2. The summed E-state index contributed by atoms with van der Waals surface area (Å²) in [5, 5.41) is 0. The highest BCUT2D eigenvalue weighted by Crippen LogP contribution is 2.70. The Bertz CT molecular complexity index is 885. The van der Waals surface area contributed by atoms with Crippen LogP contribution in [0, 0.1) is 28.6 Å². The van der Waals surface area contributed by atoms with Gasteiger partial charge < -0.3 is 9.47 Å². The maximum Gasteiger partial charge on any atom is 0.167 e. The van der Waals surface area contributed by atoms with Gasteiger partial charge in [-0.15, -0.1) is 0 Å². The second kappa shape index (κ2) is 6.16. The van der Waals surface area contributed by atoms with Crippen LogP contribution in [0.4, 0.5) is 0 Å². The molecular weight excluding hydrogens is 376 g/mol. The standard InChI is InChI=1S/C26H36O4/c1-7-25(6)29-22-14-21-18-12-15(2)20-13-17(28)8-10-23(20,4)19(18)9-11-24(21,5)26(22,30-25)16(3)27/h12-13,18-19,21-22H,7-11,14H2,1-6H3/t18-,19+,21+,22+,23-,24+,25?,26-/m1/s1. The average molecular weight is 413 g/mol. The van der Waals surface area contributed by atoms with Gasteiger partial charge in [-0.2, -0.15) is 0 Å². The van der Waals surface area contributed by atoms with Gasteiger partial charge in [-0.3, -0.25) is 9.59 Å². The van der Waals surface area contributed by atoms with Crippen molar-refractivity contribution in [2.75, 3.05) is 0 Å². The van der Waals surface area contributed by atoms with Gasteiger partial charge in [-0.25, -0.2) is 0 Å². The van der Waals surface area contributed by atoms with Crippen LogP contribution >= 0.6 is 0 Å².